The molecular weight excluding hydrogens is 286 g/mol. The van der Waals surface area contributed by atoms with Crippen molar-refractivity contribution in [2.45, 2.75) is 13.8 Å². The Morgan fingerprint density at radius 2 is 2.10 bits per heavy atom. The van der Waals surface area contributed by atoms with Crippen molar-refractivity contribution in [2.75, 3.05) is 17.2 Å². The molecule has 2 N–H and O–H groups in total. The second-order valence-corrected chi connectivity index (χ2v) is 5.61. The van der Waals surface area contributed by atoms with Crippen LogP contribution in [-0.2, 0) is 0 Å². The number of halogens is 1. The first-order valence-corrected chi connectivity index (χ1v) is 7.19. The molecule has 0 atom stereocenters. The van der Waals surface area contributed by atoms with E-state index in [0.717, 1.165) is 12.2 Å². The largest absolute Gasteiger partial charge is 0.384 e. The highest BCUT2D eigenvalue weighted by atomic mass is 35.5. The van der Waals surface area contributed by atoms with Crippen molar-refractivity contribution in [3.63, 3.8) is 0 Å². The molecule has 1 amide bonds. The third-order valence-electron chi connectivity index (χ3n) is 2.81. The molecule has 4 nitrogen and oxygen atoms in total. The number of carbonyl (C=O) groups is 1. The molecule has 1 heterocycles. The van der Waals surface area contributed by atoms with Crippen LogP contribution < -0.4 is 10.6 Å². The van der Waals surface area contributed by atoms with Gasteiger partial charge in [0.2, 0.25) is 0 Å². The molecule has 0 aliphatic heterocycles. The van der Waals surface area contributed by atoms with E-state index in [-0.39, 0.29) is 5.91 Å². The van der Waals surface area contributed by atoms with E-state index in [0.29, 0.717) is 22.3 Å². The predicted octanol–water partition coefficient (Wildman–Crippen LogP) is 4.06. The first-order chi connectivity index (χ1) is 10.0. The van der Waals surface area contributed by atoms with E-state index in [2.05, 4.69) is 29.5 Å². The average Bonchev–Trinajstić information content (AvgIpc) is 2.46. The Morgan fingerprint density at radius 1 is 1.29 bits per heavy atom. The number of benzene rings is 1. The van der Waals surface area contributed by atoms with E-state index >= 15 is 0 Å². The minimum Gasteiger partial charge on any atom is -0.384 e. The molecule has 0 saturated heterocycles. The summed E-state index contributed by atoms with van der Waals surface area (Å²) in [5.41, 5.74) is 1.44. The summed E-state index contributed by atoms with van der Waals surface area (Å²) in [7, 11) is 0. The molecule has 0 radical (unpaired) electrons. The van der Waals surface area contributed by atoms with Crippen molar-refractivity contribution in [2.24, 2.45) is 5.92 Å². The van der Waals surface area contributed by atoms with Gasteiger partial charge in [-0.05, 0) is 36.2 Å². The van der Waals surface area contributed by atoms with Gasteiger partial charge in [-0.25, -0.2) is 4.98 Å². The molecule has 0 spiro atoms. The van der Waals surface area contributed by atoms with Gasteiger partial charge in [0, 0.05) is 17.1 Å². The molecule has 110 valence electrons. The minimum atomic E-state index is -0.229. The van der Waals surface area contributed by atoms with Crippen LogP contribution in [0.5, 0.6) is 0 Å². The third kappa shape index (κ3) is 4.76. The monoisotopic (exact) mass is 303 g/mol. The van der Waals surface area contributed by atoms with Gasteiger partial charge in [0.25, 0.3) is 5.91 Å². The van der Waals surface area contributed by atoms with Crippen molar-refractivity contribution < 1.29 is 4.79 Å². The summed E-state index contributed by atoms with van der Waals surface area (Å²) >= 11 is 5.87. The summed E-state index contributed by atoms with van der Waals surface area (Å²) in [6.45, 7) is 5.16. The molecule has 0 aliphatic rings. The van der Waals surface area contributed by atoms with E-state index in [1.807, 2.05) is 6.07 Å². The molecule has 1 aromatic heterocycles. The molecule has 0 fully saturated rings. The topological polar surface area (TPSA) is 54.0 Å². The van der Waals surface area contributed by atoms with Gasteiger partial charge >= 0.3 is 0 Å². The summed E-state index contributed by atoms with van der Waals surface area (Å²) in [4.78, 5) is 16.3. The first kappa shape index (κ1) is 15.3. The van der Waals surface area contributed by atoms with E-state index < -0.39 is 0 Å². The van der Waals surface area contributed by atoms with Gasteiger partial charge in [-0.15, -0.1) is 0 Å². The van der Waals surface area contributed by atoms with Gasteiger partial charge in [0.15, 0.2) is 0 Å². The summed E-state index contributed by atoms with van der Waals surface area (Å²) in [6.07, 6.45) is 1.70. The van der Waals surface area contributed by atoms with Gasteiger partial charge in [-0.1, -0.05) is 31.5 Å². The lowest BCUT2D eigenvalue weighted by molar-refractivity contribution is 0.102. The number of carbonyl (C=O) groups excluding carboxylic acids is 1. The normalized spacial score (nSPS) is 10.5. The lowest BCUT2D eigenvalue weighted by Gasteiger charge is -2.09. The van der Waals surface area contributed by atoms with Crippen molar-refractivity contribution in [3.05, 3.63) is 53.2 Å². The molecule has 2 rings (SSSR count). The zero-order chi connectivity index (χ0) is 15.2. The fourth-order valence-corrected chi connectivity index (χ4v) is 1.90. The van der Waals surface area contributed by atoms with Gasteiger partial charge < -0.3 is 10.6 Å². The Hall–Kier alpha value is -2.07. The van der Waals surface area contributed by atoms with Crippen LogP contribution in [0.2, 0.25) is 5.02 Å². The lowest BCUT2D eigenvalue weighted by Crippen LogP contribution is -2.13. The van der Waals surface area contributed by atoms with Crippen LogP contribution >= 0.6 is 11.6 Å². The third-order valence-corrected chi connectivity index (χ3v) is 3.04. The van der Waals surface area contributed by atoms with Crippen molar-refractivity contribution in [1.29, 1.82) is 0 Å². The maximum atomic E-state index is 12.0. The smallest absolute Gasteiger partial charge is 0.256 e. The number of aromatic nitrogens is 1. The van der Waals surface area contributed by atoms with Crippen LogP contribution in [0.3, 0.4) is 0 Å². The van der Waals surface area contributed by atoms with Crippen molar-refractivity contribution in [3.8, 4) is 0 Å². The zero-order valence-corrected chi connectivity index (χ0v) is 12.8. The molecular formula is C16H18ClN3O. The maximum absolute atomic E-state index is 12.0. The Balaban J connectivity index is 1.98. The summed E-state index contributed by atoms with van der Waals surface area (Å²) in [6, 6.07) is 10.5. The van der Waals surface area contributed by atoms with Crippen LogP contribution in [0.15, 0.2) is 42.6 Å². The SMILES string of the molecule is CC(C)CNc1ccc(NC(=O)c2cccc(Cl)c2)nc1. The minimum absolute atomic E-state index is 0.229. The highest BCUT2D eigenvalue weighted by Gasteiger charge is 2.07. The number of pyridine rings is 1. The molecule has 0 unspecified atom stereocenters. The highest BCUT2D eigenvalue weighted by molar-refractivity contribution is 6.31. The summed E-state index contributed by atoms with van der Waals surface area (Å²) in [5, 5.41) is 6.54. The molecule has 0 saturated carbocycles. The van der Waals surface area contributed by atoms with Gasteiger partial charge in [-0.3, -0.25) is 4.79 Å². The maximum Gasteiger partial charge on any atom is 0.256 e. The van der Waals surface area contributed by atoms with Crippen molar-refractivity contribution in [1.82, 2.24) is 4.98 Å². The van der Waals surface area contributed by atoms with Crippen LogP contribution in [0.25, 0.3) is 0 Å². The quantitative estimate of drug-likeness (QED) is 0.876. The Morgan fingerprint density at radius 3 is 2.71 bits per heavy atom. The fraction of sp³-hybridized carbons (Fsp3) is 0.250. The number of nitrogens with zero attached hydrogens (tertiary/aromatic N) is 1. The highest BCUT2D eigenvalue weighted by Crippen LogP contribution is 2.14. The number of nitrogens with one attached hydrogen (secondary N) is 2. The molecule has 1 aromatic carbocycles. The standard InChI is InChI=1S/C16H18ClN3O/c1-11(2)9-18-14-6-7-15(19-10-14)20-16(21)12-4-3-5-13(17)8-12/h3-8,10-11,18H,9H2,1-2H3,(H,19,20,21). The van der Waals surface area contributed by atoms with E-state index in [1.165, 1.54) is 0 Å². The molecule has 0 bridgehead atoms. The van der Waals surface area contributed by atoms with Gasteiger partial charge in [0.05, 0.1) is 11.9 Å². The molecule has 21 heavy (non-hydrogen) atoms. The molecule has 2 aromatic rings. The van der Waals surface area contributed by atoms with Crippen LogP contribution in [0.1, 0.15) is 24.2 Å². The molecule has 5 heteroatoms. The van der Waals surface area contributed by atoms with Crippen LogP contribution in [0, 0.1) is 5.92 Å². The van der Waals surface area contributed by atoms with E-state index in [1.54, 1.807) is 36.5 Å². The Labute approximate surface area is 129 Å². The number of amides is 1. The number of anilines is 2. The van der Waals surface area contributed by atoms with E-state index in [4.69, 9.17) is 11.6 Å². The van der Waals surface area contributed by atoms with Crippen LogP contribution in [0.4, 0.5) is 11.5 Å². The second-order valence-electron chi connectivity index (χ2n) is 5.17. The number of hydrogen-bond donors (Lipinski definition) is 2. The summed E-state index contributed by atoms with van der Waals surface area (Å²) < 4.78 is 0. The van der Waals surface area contributed by atoms with Crippen molar-refractivity contribution >= 4 is 29.0 Å². The van der Waals surface area contributed by atoms with Crippen LogP contribution in [-0.4, -0.2) is 17.4 Å². The fourth-order valence-electron chi connectivity index (χ4n) is 1.71. The Kier molecular flexibility index (Phi) is 5.17. The predicted molar refractivity (Wildman–Crippen MR) is 87.0 cm³/mol. The average molecular weight is 304 g/mol. The number of hydrogen-bond acceptors (Lipinski definition) is 3. The number of rotatable bonds is 5. The Bertz CT molecular complexity index is 611. The zero-order valence-electron chi connectivity index (χ0n) is 12.1. The van der Waals surface area contributed by atoms with Gasteiger partial charge in [-0.2, -0.15) is 0 Å². The van der Waals surface area contributed by atoms with Gasteiger partial charge in [0.1, 0.15) is 5.82 Å². The first-order valence-electron chi connectivity index (χ1n) is 6.81. The summed E-state index contributed by atoms with van der Waals surface area (Å²) in [5.74, 6) is 0.843. The lowest BCUT2D eigenvalue weighted by atomic mass is 10.2. The second kappa shape index (κ2) is 7.09. The molecule has 0 aliphatic carbocycles. The van der Waals surface area contributed by atoms with E-state index in [9.17, 15) is 4.79 Å².